The van der Waals surface area contributed by atoms with Gasteiger partial charge in [-0.2, -0.15) is 0 Å². The molecular weight excluding hydrogens is 715 g/mol. The number of hydrogen-bond acceptors (Lipinski definition) is 12. The number of aromatic hydroxyl groups is 4. The van der Waals surface area contributed by atoms with Crippen LogP contribution in [0.25, 0.3) is 0 Å². The molecular formula is C24H20HfN4O12. The van der Waals surface area contributed by atoms with Crippen molar-refractivity contribution >= 4 is 22.7 Å². The molecule has 4 aromatic carbocycles. The van der Waals surface area contributed by atoms with Crippen molar-refractivity contribution in [2.45, 2.75) is 0 Å². The van der Waals surface area contributed by atoms with E-state index in [1.807, 2.05) is 0 Å². The third-order valence-corrected chi connectivity index (χ3v) is 4.16. The van der Waals surface area contributed by atoms with Gasteiger partial charge in [0.15, 0.2) is 0 Å². The number of hydrogen-bond donors (Lipinski definition) is 4. The molecule has 0 aliphatic carbocycles. The Morgan fingerprint density at radius 2 is 0.561 bits per heavy atom. The molecule has 0 heterocycles. The average Bonchev–Trinajstić information content (AvgIpc) is 2.90. The van der Waals surface area contributed by atoms with Crippen LogP contribution in [0.4, 0.5) is 22.7 Å². The molecule has 0 aromatic heterocycles. The molecule has 4 aromatic rings. The zero-order valence-corrected chi connectivity index (χ0v) is 24.2. The standard InChI is InChI=1S/4C6H5NO3.Hf/c4*8-6-3-1-2-5(4-6)7(9)10;/h4*1-4,8H;. The second kappa shape index (κ2) is 17.9. The molecule has 17 heteroatoms. The van der Waals surface area contributed by atoms with Crippen LogP contribution >= 0.6 is 0 Å². The zero-order valence-electron chi connectivity index (χ0n) is 20.6. The predicted octanol–water partition coefficient (Wildman–Crippen LogP) is 5.20. The van der Waals surface area contributed by atoms with Gasteiger partial charge in [-0.1, -0.05) is 24.3 Å². The molecule has 41 heavy (non-hydrogen) atoms. The fourth-order valence-electron chi connectivity index (χ4n) is 2.43. The van der Waals surface area contributed by atoms with Gasteiger partial charge in [-0.3, -0.25) is 40.5 Å². The fraction of sp³-hybridized carbons (Fsp3) is 0. The number of non-ortho nitro benzene ring substituents is 4. The summed E-state index contributed by atoms with van der Waals surface area (Å²) in [6.45, 7) is 0. The van der Waals surface area contributed by atoms with E-state index in [2.05, 4.69) is 0 Å². The van der Waals surface area contributed by atoms with Crippen LogP contribution in [0.3, 0.4) is 0 Å². The van der Waals surface area contributed by atoms with E-state index in [1.165, 1.54) is 72.8 Å². The van der Waals surface area contributed by atoms with Crippen molar-refractivity contribution in [2.24, 2.45) is 0 Å². The molecule has 0 fully saturated rings. The van der Waals surface area contributed by atoms with Crippen LogP contribution < -0.4 is 0 Å². The molecule has 16 nitrogen and oxygen atoms in total. The molecule has 4 N–H and O–H groups in total. The van der Waals surface area contributed by atoms with Crippen molar-refractivity contribution in [3.8, 4) is 23.0 Å². The third-order valence-electron chi connectivity index (χ3n) is 4.16. The first kappa shape index (κ1) is 35.6. The minimum absolute atomic E-state index is 0. The Bertz CT molecular complexity index is 1260. The fourth-order valence-corrected chi connectivity index (χ4v) is 2.43. The Balaban J connectivity index is 0.000000516. The first-order valence-electron chi connectivity index (χ1n) is 10.5. The summed E-state index contributed by atoms with van der Waals surface area (Å²) in [5, 5.41) is 75.2. The number of rotatable bonds is 4. The number of phenols is 4. The summed E-state index contributed by atoms with van der Waals surface area (Å²) >= 11 is 0. The molecule has 0 bridgehead atoms. The number of phenolic OH excluding ortho intramolecular Hbond substituents is 4. The molecule has 0 atom stereocenters. The van der Waals surface area contributed by atoms with Crippen LogP contribution in [-0.2, 0) is 25.8 Å². The van der Waals surface area contributed by atoms with Gasteiger partial charge in [0, 0.05) is 50.1 Å². The predicted molar refractivity (Wildman–Crippen MR) is 139 cm³/mol. The molecule has 0 unspecified atom stereocenters. The van der Waals surface area contributed by atoms with E-state index in [1.54, 1.807) is 0 Å². The Kier molecular flexibility index (Phi) is 15.6. The van der Waals surface area contributed by atoms with Gasteiger partial charge in [-0.25, -0.2) is 0 Å². The van der Waals surface area contributed by atoms with Gasteiger partial charge < -0.3 is 20.4 Å². The largest absolute Gasteiger partial charge is 0.508 e. The molecule has 0 aliphatic heterocycles. The van der Waals surface area contributed by atoms with Gasteiger partial charge in [-0.15, -0.1) is 0 Å². The summed E-state index contributed by atoms with van der Waals surface area (Å²) in [6.07, 6.45) is 0. The molecule has 0 saturated heterocycles. The minimum atomic E-state index is -0.556. The van der Waals surface area contributed by atoms with E-state index in [9.17, 15) is 40.5 Å². The monoisotopic (exact) mass is 736 g/mol. The van der Waals surface area contributed by atoms with Crippen LogP contribution in [-0.4, -0.2) is 40.1 Å². The van der Waals surface area contributed by atoms with Gasteiger partial charge in [0.25, 0.3) is 22.7 Å². The van der Waals surface area contributed by atoms with Gasteiger partial charge in [0.1, 0.15) is 23.0 Å². The first-order chi connectivity index (χ1) is 18.8. The molecule has 0 saturated carbocycles. The van der Waals surface area contributed by atoms with Gasteiger partial charge in [0.2, 0.25) is 0 Å². The van der Waals surface area contributed by atoms with Crippen LogP contribution in [0.15, 0.2) is 97.1 Å². The Morgan fingerprint density at radius 1 is 0.390 bits per heavy atom. The summed E-state index contributed by atoms with van der Waals surface area (Å²) in [6, 6.07) is 20.9. The summed E-state index contributed by atoms with van der Waals surface area (Å²) in [4.78, 5) is 38.0. The maximum Gasteiger partial charge on any atom is 0.273 e. The maximum absolute atomic E-state index is 10.0. The second-order valence-corrected chi connectivity index (χ2v) is 7.11. The van der Waals surface area contributed by atoms with E-state index >= 15 is 0 Å². The first-order valence-corrected chi connectivity index (χ1v) is 10.5. The molecule has 0 radical (unpaired) electrons. The van der Waals surface area contributed by atoms with Crippen molar-refractivity contribution in [1.29, 1.82) is 0 Å². The SMILES string of the molecule is O=[N+]([O-])c1cccc(O)c1.O=[N+]([O-])c1cccc(O)c1.O=[N+]([O-])c1cccc(O)c1.O=[N+]([O-])c1cccc(O)c1.[Hf]. The summed E-state index contributed by atoms with van der Waals surface area (Å²) in [7, 11) is 0. The molecule has 0 spiro atoms. The number of nitrogens with zero attached hydrogens (tertiary/aromatic N) is 4. The summed E-state index contributed by atoms with van der Waals surface area (Å²) < 4.78 is 0. The normalized spacial score (nSPS) is 8.98. The average molecular weight is 735 g/mol. The summed E-state index contributed by atoms with van der Waals surface area (Å²) in [5.41, 5.74) is -0.389. The zero-order chi connectivity index (χ0) is 30.2. The van der Waals surface area contributed by atoms with Gasteiger partial charge >= 0.3 is 0 Å². The third kappa shape index (κ3) is 14.3. The Labute approximate surface area is 248 Å². The van der Waals surface area contributed by atoms with Crippen LogP contribution in [0.5, 0.6) is 23.0 Å². The minimum Gasteiger partial charge on any atom is -0.508 e. The van der Waals surface area contributed by atoms with E-state index in [0.29, 0.717) is 0 Å². The van der Waals surface area contributed by atoms with E-state index < -0.39 is 19.7 Å². The van der Waals surface area contributed by atoms with Gasteiger partial charge in [-0.05, 0) is 24.3 Å². The molecule has 4 rings (SSSR count). The van der Waals surface area contributed by atoms with Crippen molar-refractivity contribution < 1.29 is 66.0 Å². The van der Waals surface area contributed by atoms with Crippen LogP contribution in [0, 0.1) is 40.5 Å². The number of nitro groups is 4. The smallest absolute Gasteiger partial charge is 0.273 e. The second-order valence-electron chi connectivity index (χ2n) is 7.11. The topological polar surface area (TPSA) is 253 Å². The maximum atomic E-state index is 10.0. The van der Waals surface area contributed by atoms with Crippen LogP contribution in [0.2, 0.25) is 0 Å². The van der Waals surface area contributed by atoms with E-state index in [0.717, 1.165) is 24.3 Å². The van der Waals surface area contributed by atoms with Gasteiger partial charge in [0.05, 0.1) is 44.0 Å². The molecule has 0 amide bonds. The summed E-state index contributed by atoms with van der Waals surface area (Å²) in [5.74, 6) is -0.355. The molecule has 0 aliphatic rings. The Morgan fingerprint density at radius 3 is 0.659 bits per heavy atom. The van der Waals surface area contributed by atoms with E-state index in [4.69, 9.17) is 20.4 Å². The molecule has 212 valence electrons. The number of nitro benzene ring substituents is 4. The quantitative estimate of drug-likeness (QED) is 0.120. The van der Waals surface area contributed by atoms with Crippen molar-refractivity contribution in [3.63, 3.8) is 0 Å². The van der Waals surface area contributed by atoms with Crippen molar-refractivity contribution in [2.75, 3.05) is 0 Å². The van der Waals surface area contributed by atoms with Crippen LogP contribution in [0.1, 0.15) is 0 Å². The van der Waals surface area contributed by atoms with E-state index in [-0.39, 0.29) is 71.6 Å². The van der Waals surface area contributed by atoms with Crippen molar-refractivity contribution in [3.05, 3.63) is 138 Å². The Hall–Kier alpha value is -5.45. The van der Waals surface area contributed by atoms with Crippen molar-refractivity contribution in [1.82, 2.24) is 0 Å². The number of benzene rings is 4.